The zero-order valence-corrected chi connectivity index (χ0v) is 15.1. The van der Waals surface area contributed by atoms with E-state index in [-0.39, 0.29) is 13.2 Å². The fourth-order valence-corrected chi connectivity index (χ4v) is 2.60. The van der Waals surface area contributed by atoms with E-state index in [9.17, 15) is 0 Å². The lowest BCUT2D eigenvalue weighted by Gasteiger charge is -2.12. The van der Waals surface area contributed by atoms with Gasteiger partial charge < -0.3 is 14.0 Å². The standard InChI is InChI=1S/C20H21N5O2/c21-9-4-12-25-19(16-27-14-6-11-23)18(15-26-13-5-10-22)24-20(25)17-7-2-1-3-8-17/h1-3,7-8H,4-6,12-16H2. The average molecular weight is 363 g/mol. The lowest BCUT2D eigenvalue weighted by atomic mass is 10.2. The molecule has 0 saturated carbocycles. The number of benzene rings is 1. The van der Waals surface area contributed by atoms with Crippen molar-refractivity contribution < 1.29 is 9.47 Å². The number of hydrogen-bond donors (Lipinski definition) is 0. The maximum atomic E-state index is 9.03. The van der Waals surface area contributed by atoms with Crippen LogP contribution in [0.3, 0.4) is 0 Å². The molecule has 1 aromatic heterocycles. The first-order valence-corrected chi connectivity index (χ1v) is 8.71. The Kier molecular flexibility index (Phi) is 8.53. The van der Waals surface area contributed by atoms with Gasteiger partial charge in [0.15, 0.2) is 0 Å². The van der Waals surface area contributed by atoms with E-state index in [0.29, 0.717) is 39.0 Å². The second-order valence-corrected chi connectivity index (χ2v) is 5.68. The van der Waals surface area contributed by atoms with Gasteiger partial charge in [0.2, 0.25) is 0 Å². The van der Waals surface area contributed by atoms with E-state index in [1.807, 2.05) is 41.0 Å². The third kappa shape index (κ3) is 5.94. The molecular formula is C20H21N5O2. The monoisotopic (exact) mass is 363 g/mol. The molecule has 0 bridgehead atoms. The van der Waals surface area contributed by atoms with Crippen molar-refractivity contribution in [1.82, 2.24) is 9.55 Å². The van der Waals surface area contributed by atoms with Crippen molar-refractivity contribution in [2.45, 2.75) is 39.0 Å². The summed E-state index contributed by atoms with van der Waals surface area (Å²) in [6.07, 6.45) is 0.969. The van der Waals surface area contributed by atoms with E-state index in [1.165, 1.54) is 0 Å². The molecule has 1 heterocycles. The van der Waals surface area contributed by atoms with Gasteiger partial charge in [-0.25, -0.2) is 4.98 Å². The highest BCUT2D eigenvalue weighted by molar-refractivity contribution is 5.56. The van der Waals surface area contributed by atoms with Gasteiger partial charge in [0.25, 0.3) is 0 Å². The summed E-state index contributed by atoms with van der Waals surface area (Å²) in [5.41, 5.74) is 2.50. The predicted molar refractivity (Wildman–Crippen MR) is 97.7 cm³/mol. The zero-order valence-electron chi connectivity index (χ0n) is 15.1. The second-order valence-electron chi connectivity index (χ2n) is 5.68. The maximum absolute atomic E-state index is 9.03. The number of aromatic nitrogens is 2. The summed E-state index contributed by atoms with van der Waals surface area (Å²) in [6, 6.07) is 16.0. The first-order chi connectivity index (χ1) is 13.3. The molecule has 0 saturated heterocycles. The highest BCUT2D eigenvalue weighted by Crippen LogP contribution is 2.24. The fraction of sp³-hybridized carbons (Fsp3) is 0.400. The van der Waals surface area contributed by atoms with Gasteiger partial charge in [0, 0.05) is 12.1 Å². The van der Waals surface area contributed by atoms with Crippen LogP contribution in [0.15, 0.2) is 30.3 Å². The molecule has 1 aromatic carbocycles. The highest BCUT2D eigenvalue weighted by atomic mass is 16.5. The number of hydrogen-bond acceptors (Lipinski definition) is 6. The van der Waals surface area contributed by atoms with Crippen molar-refractivity contribution in [3.8, 4) is 29.6 Å². The first-order valence-electron chi connectivity index (χ1n) is 8.71. The number of imidazole rings is 1. The summed E-state index contributed by atoms with van der Waals surface area (Å²) in [6.45, 7) is 1.69. The summed E-state index contributed by atoms with van der Waals surface area (Å²) in [5, 5.41) is 26.4. The summed E-state index contributed by atoms with van der Waals surface area (Å²) >= 11 is 0. The van der Waals surface area contributed by atoms with Crippen LogP contribution in [0.5, 0.6) is 0 Å². The highest BCUT2D eigenvalue weighted by Gasteiger charge is 2.18. The molecule has 0 radical (unpaired) electrons. The Morgan fingerprint density at radius 3 is 2.11 bits per heavy atom. The molecule has 0 atom stereocenters. The smallest absolute Gasteiger partial charge is 0.140 e. The molecule has 0 N–H and O–H groups in total. The topological polar surface area (TPSA) is 108 Å². The SMILES string of the molecule is N#CCCOCc1nc(-c2ccccc2)n(CCC#N)c1COCCC#N. The number of nitrogens with zero attached hydrogens (tertiary/aromatic N) is 5. The molecule has 138 valence electrons. The molecule has 7 nitrogen and oxygen atoms in total. The van der Waals surface area contributed by atoms with E-state index in [1.54, 1.807) is 0 Å². The zero-order chi connectivity index (χ0) is 19.3. The van der Waals surface area contributed by atoms with Crippen LogP contribution in [0.4, 0.5) is 0 Å². The lowest BCUT2D eigenvalue weighted by Crippen LogP contribution is -2.09. The molecule has 0 amide bonds. The van der Waals surface area contributed by atoms with Crippen molar-refractivity contribution in [2.24, 2.45) is 0 Å². The Balaban J connectivity index is 2.33. The van der Waals surface area contributed by atoms with Gasteiger partial charge in [0.05, 0.1) is 75.3 Å². The molecule has 0 spiro atoms. The van der Waals surface area contributed by atoms with Gasteiger partial charge in [-0.2, -0.15) is 15.8 Å². The summed E-state index contributed by atoms with van der Waals surface area (Å²) in [7, 11) is 0. The van der Waals surface area contributed by atoms with Crippen LogP contribution in [0.1, 0.15) is 30.7 Å². The van der Waals surface area contributed by atoms with Crippen molar-refractivity contribution in [3.05, 3.63) is 41.7 Å². The quantitative estimate of drug-likeness (QED) is 0.567. The van der Waals surface area contributed by atoms with E-state index in [4.69, 9.17) is 30.2 Å². The minimum Gasteiger partial charge on any atom is -0.374 e. The third-order valence-electron chi connectivity index (χ3n) is 3.83. The Morgan fingerprint density at radius 1 is 0.852 bits per heavy atom. The van der Waals surface area contributed by atoms with Crippen molar-refractivity contribution >= 4 is 0 Å². The number of ether oxygens (including phenoxy) is 2. The second kappa shape index (κ2) is 11.4. The molecule has 0 unspecified atom stereocenters. The Hall–Kier alpha value is -3.18. The van der Waals surface area contributed by atoms with Gasteiger partial charge in [-0.05, 0) is 0 Å². The molecule has 7 heteroatoms. The van der Waals surface area contributed by atoms with E-state index in [2.05, 4.69) is 12.1 Å². The minimum atomic E-state index is 0.262. The van der Waals surface area contributed by atoms with Crippen LogP contribution in [0, 0.1) is 34.0 Å². The van der Waals surface area contributed by atoms with Gasteiger partial charge in [-0.1, -0.05) is 30.3 Å². The van der Waals surface area contributed by atoms with E-state index >= 15 is 0 Å². The van der Waals surface area contributed by atoms with Crippen LogP contribution in [0.25, 0.3) is 11.4 Å². The molecule has 2 rings (SSSR count). The predicted octanol–water partition coefficient (Wildman–Crippen LogP) is 3.32. The average Bonchev–Trinajstić information content (AvgIpc) is 3.05. The van der Waals surface area contributed by atoms with Gasteiger partial charge in [-0.3, -0.25) is 0 Å². The molecule has 2 aromatic rings. The normalized spacial score (nSPS) is 10.1. The van der Waals surface area contributed by atoms with Crippen LogP contribution in [0.2, 0.25) is 0 Å². The lowest BCUT2D eigenvalue weighted by molar-refractivity contribution is 0.107. The third-order valence-corrected chi connectivity index (χ3v) is 3.83. The van der Waals surface area contributed by atoms with Crippen LogP contribution in [-0.4, -0.2) is 22.8 Å². The molecule has 0 aliphatic rings. The summed E-state index contributed by atoms with van der Waals surface area (Å²) < 4.78 is 13.2. The van der Waals surface area contributed by atoms with E-state index < -0.39 is 0 Å². The Labute approximate surface area is 159 Å². The fourth-order valence-electron chi connectivity index (χ4n) is 2.60. The van der Waals surface area contributed by atoms with Gasteiger partial charge in [-0.15, -0.1) is 0 Å². The maximum Gasteiger partial charge on any atom is 0.140 e. The van der Waals surface area contributed by atoms with Crippen LogP contribution in [-0.2, 0) is 29.2 Å². The largest absolute Gasteiger partial charge is 0.374 e. The van der Waals surface area contributed by atoms with Crippen LogP contribution < -0.4 is 0 Å². The molecular weight excluding hydrogens is 342 g/mol. The van der Waals surface area contributed by atoms with Crippen molar-refractivity contribution in [1.29, 1.82) is 15.8 Å². The van der Waals surface area contributed by atoms with Crippen LogP contribution >= 0.6 is 0 Å². The van der Waals surface area contributed by atoms with Crippen molar-refractivity contribution in [2.75, 3.05) is 13.2 Å². The summed E-state index contributed by atoms with van der Waals surface area (Å²) in [5.74, 6) is 0.753. The number of nitriles is 3. The first kappa shape index (κ1) is 20.1. The van der Waals surface area contributed by atoms with Gasteiger partial charge >= 0.3 is 0 Å². The summed E-state index contributed by atoms with van der Waals surface area (Å²) in [4.78, 5) is 4.73. The van der Waals surface area contributed by atoms with Crippen molar-refractivity contribution in [3.63, 3.8) is 0 Å². The molecule has 27 heavy (non-hydrogen) atoms. The van der Waals surface area contributed by atoms with Gasteiger partial charge in [0.1, 0.15) is 5.82 Å². The number of rotatable bonds is 11. The Morgan fingerprint density at radius 2 is 1.48 bits per heavy atom. The minimum absolute atomic E-state index is 0.262. The molecule has 0 aliphatic heterocycles. The van der Waals surface area contributed by atoms with E-state index in [0.717, 1.165) is 22.8 Å². The Bertz CT molecular complexity index is 840. The molecule has 0 fully saturated rings. The molecule has 0 aliphatic carbocycles.